The maximum atomic E-state index is 10.9. The zero-order valence-corrected chi connectivity index (χ0v) is 11.3. The Labute approximate surface area is 117 Å². The largest absolute Gasteiger partial charge is 0.478 e. The fourth-order valence-electron chi connectivity index (χ4n) is 1.29. The van der Waals surface area contributed by atoms with Gasteiger partial charge in [-0.25, -0.2) is 4.79 Å². The average Bonchev–Trinajstić information content (AvgIpc) is 2.74. The molecule has 0 saturated carbocycles. The first-order valence-electron chi connectivity index (χ1n) is 4.88. The van der Waals surface area contributed by atoms with E-state index in [1.165, 1.54) is 23.5 Å². The highest BCUT2D eigenvalue weighted by Gasteiger charge is 2.08. The summed E-state index contributed by atoms with van der Waals surface area (Å²) >= 11 is 12.9. The number of benzene rings is 1. The average molecular weight is 300 g/mol. The molecule has 0 aliphatic carbocycles. The van der Waals surface area contributed by atoms with Gasteiger partial charge in [0.1, 0.15) is 0 Å². The Morgan fingerprint density at radius 3 is 2.67 bits per heavy atom. The number of carbonyl (C=O) groups is 1. The Morgan fingerprint density at radius 2 is 2.06 bits per heavy atom. The number of hydrogen-bond donors (Lipinski definition) is 1. The first kappa shape index (κ1) is 13.1. The van der Waals surface area contributed by atoms with E-state index < -0.39 is 5.97 Å². The van der Waals surface area contributed by atoms with Crippen LogP contribution in [0.4, 0.5) is 5.69 Å². The first-order chi connectivity index (χ1) is 8.56. The highest BCUT2D eigenvalue weighted by molar-refractivity contribution is 7.17. The molecule has 0 bridgehead atoms. The Morgan fingerprint density at radius 1 is 1.28 bits per heavy atom. The molecular weight excluding hydrogens is 293 g/mol. The van der Waals surface area contributed by atoms with Crippen molar-refractivity contribution < 1.29 is 9.90 Å². The number of halogens is 2. The van der Waals surface area contributed by atoms with Gasteiger partial charge >= 0.3 is 5.97 Å². The second-order valence-corrected chi connectivity index (χ2v) is 5.52. The lowest BCUT2D eigenvalue weighted by Crippen LogP contribution is -1.96. The molecule has 0 amide bonds. The van der Waals surface area contributed by atoms with Gasteiger partial charge in [-0.15, -0.1) is 11.3 Å². The number of carboxylic acid groups (broad SMARTS) is 1. The highest BCUT2D eigenvalue weighted by atomic mass is 35.5. The number of hydrogen-bond acceptors (Lipinski definition) is 3. The van der Waals surface area contributed by atoms with Crippen LogP contribution in [0.5, 0.6) is 0 Å². The molecule has 6 heteroatoms. The molecule has 0 aliphatic heterocycles. The Bertz CT molecular complexity index is 622. The molecule has 0 radical (unpaired) electrons. The van der Waals surface area contributed by atoms with Crippen LogP contribution in [0.3, 0.4) is 0 Å². The quantitative estimate of drug-likeness (QED) is 0.848. The summed E-state index contributed by atoms with van der Waals surface area (Å²) in [6.07, 6.45) is 1.63. The molecule has 0 aliphatic rings. The minimum absolute atomic E-state index is 0.0375. The van der Waals surface area contributed by atoms with E-state index in [1.54, 1.807) is 18.3 Å². The normalized spacial score (nSPS) is 11.0. The topological polar surface area (TPSA) is 49.7 Å². The molecule has 0 unspecified atom stereocenters. The minimum atomic E-state index is -1.07. The van der Waals surface area contributed by atoms with Gasteiger partial charge in [0.25, 0.3) is 0 Å². The lowest BCUT2D eigenvalue weighted by Gasteiger charge is -1.99. The molecule has 1 aromatic heterocycles. The first-order valence-corrected chi connectivity index (χ1v) is 6.46. The van der Waals surface area contributed by atoms with Crippen LogP contribution >= 0.6 is 34.5 Å². The van der Waals surface area contributed by atoms with E-state index in [4.69, 9.17) is 28.3 Å². The molecule has 0 fully saturated rings. The van der Waals surface area contributed by atoms with Crippen LogP contribution in [0, 0.1) is 0 Å². The standard InChI is InChI=1S/C12H7Cl2NO2S/c13-10-3-1-7(5-9(10)12(16)17)15-6-8-2-4-11(14)18-8/h1-6H,(H,16,17). The van der Waals surface area contributed by atoms with Gasteiger partial charge in [-0.3, -0.25) is 4.99 Å². The molecule has 2 aromatic rings. The van der Waals surface area contributed by atoms with Crippen molar-refractivity contribution in [1.82, 2.24) is 0 Å². The van der Waals surface area contributed by atoms with Crippen LogP contribution in [0.1, 0.15) is 15.2 Å². The van der Waals surface area contributed by atoms with Crippen molar-refractivity contribution in [1.29, 1.82) is 0 Å². The molecule has 0 atom stereocenters. The summed E-state index contributed by atoms with van der Waals surface area (Å²) in [5.74, 6) is -1.07. The number of rotatable bonds is 3. The van der Waals surface area contributed by atoms with E-state index in [0.29, 0.717) is 10.0 Å². The molecule has 2 rings (SSSR count). The molecule has 0 saturated heterocycles. The number of aromatic carboxylic acids is 1. The summed E-state index contributed by atoms with van der Waals surface area (Å²) < 4.78 is 0.679. The van der Waals surface area contributed by atoms with Crippen LogP contribution < -0.4 is 0 Å². The van der Waals surface area contributed by atoms with Crippen molar-refractivity contribution in [2.75, 3.05) is 0 Å². The zero-order valence-electron chi connectivity index (χ0n) is 8.93. The molecule has 1 N–H and O–H groups in total. The Kier molecular flexibility index (Phi) is 4.01. The number of thiophene rings is 1. The predicted molar refractivity (Wildman–Crippen MR) is 75.0 cm³/mol. The summed E-state index contributed by atoms with van der Waals surface area (Å²) in [6.45, 7) is 0. The highest BCUT2D eigenvalue weighted by Crippen LogP contribution is 2.24. The fourth-order valence-corrected chi connectivity index (χ4v) is 2.42. The van der Waals surface area contributed by atoms with Crippen molar-refractivity contribution in [3.05, 3.63) is 50.1 Å². The second kappa shape index (κ2) is 5.52. The van der Waals surface area contributed by atoms with Crippen LogP contribution in [0.15, 0.2) is 35.3 Å². The number of nitrogens with zero attached hydrogens (tertiary/aromatic N) is 1. The third kappa shape index (κ3) is 3.10. The smallest absolute Gasteiger partial charge is 0.337 e. The monoisotopic (exact) mass is 299 g/mol. The summed E-state index contributed by atoms with van der Waals surface area (Å²) in [5, 5.41) is 9.12. The van der Waals surface area contributed by atoms with Gasteiger partial charge in [0.15, 0.2) is 0 Å². The minimum Gasteiger partial charge on any atom is -0.478 e. The van der Waals surface area contributed by atoms with Crippen molar-refractivity contribution in [3.63, 3.8) is 0 Å². The van der Waals surface area contributed by atoms with Gasteiger partial charge in [0.2, 0.25) is 0 Å². The summed E-state index contributed by atoms with van der Waals surface area (Å²) in [6, 6.07) is 8.21. The Balaban J connectivity index is 2.27. The molecule has 92 valence electrons. The lowest BCUT2D eigenvalue weighted by molar-refractivity contribution is 0.0697. The predicted octanol–water partition coefficient (Wildman–Crippen LogP) is 4.50. The van der Waals surface area contributed by atoms with E-state index in [-0.39, 0.29) is 10.6 Å². The molecule has 3 nitrogen and oxygen atoms in total. The van der Waals surface area contributed by atoms with E-state index in [1.807, 2.05) is 6.07 Å². The van der Waals surface area contributed by atoms with Gasteiger partial charge in [-0.05, 0) is 30.3 Å². The maximum Gasteiger partial charge on any atom is 0.337 e. The van der Waals surface area contributed by atoms with Crippen LogP contribution in [0.25, 0.3) is 0 Å². The van der Waals surface area contributed by atoms with E-state index >= 15 is 0 Å². The van der Waals surface area contributed by atoms with Gasteiger partial charge < -0.3 is 5.11 Å². The van der Waals surface area contributed by atoms with Crippen LogP contribution in [0.2, 0.25) is 9.36 Å². The second-order valence-electron chi connectivity index (χ2n) is 3.37. The maximum absolute atomic E-state index is 10.9. The van der Waals surface area contributed by atoms with E-state index in [0.717, 1.165) is 4.88 Å². The van der Waals surface area contributed by atoms with Gasteiger partial charge in [0.05, 0.1) is 20.6 Å². The van der Waals surface area contributed by atoms with E-state index in [9.17, 15) is 4.79 Å². The van der Waals surface area contributed by atoms with Gasteiger partial charge in [0, 0.05) is 11.1 Å². The molecule has 18 heavy (non-hydrogen) atoms. The van der Waals surface area contributed by atoms with Crippen molar-refractivity contribution >= 4 is 52.4 Å². The van der Waals surface area contributed by atoms with Crippen molar-refractivity contribution in [2.45, 2.75) is 0 Å². The number of carboxylic acids is 1. The molecule has 0 spiro atoms. The molecule has 1 aromatic carbocycles. The SMILES string of the molecule is O=C(O)c1cc(N=Cc2ccc(Cl)s2)ccc1Cl. The van der Waals surface area contributed by atoms with Crippen LogP contribution in [-0.4, -0.2) is 17.3 Å². The fraction of sp³-hybridized carbons (Fsp3) is 0. The Hall–Kier alpha value is -1.36. The van der Waals surface area contributed by atoms with Gasteiger partial charge in [-0.1, -0.05) is 23.2 Å². The molecule has 1 heterocycles. The summed E-state index contributed by atoms with van der Waals surface area (Å²) in [5.41, 5.74) is 0.567. The van der Waals surface area contributed by atoms with Crippen molar-refractivity contribution in [2.24, 2.45) is 4.99 Å². The van der Waals surface area contributed by atoms with Crippen LogP contribution in [-0.2, 0) is 0 Å². The third-order valence-electron chi connectivity index (χ3n) is 2.12. The lowest BCUT2D eigenvalue weighted by atomic mass is 10.2. The van der Waals surface area contributed by atoms with Crippen molar-refractivity contribution in [3.8, 4) is 0 Å². The number of aliphatic imine (C=N–C) groups is 1. The summed E-state index contributed by atoms with van der Waals surface area (Å²) in [4.78, 5) is 16.0. The van der Waals surface area contributed by atoms with E-state index in [2.05, 4.69) is 4.99 Å². The van der Waals surface area contributed by atoms with Gasteiger partial charge in [-0.2, -0.15) is 0 Å². The molecular formula is C12H7Cl2NO2S. The zero-order chi connectivity index (χ0) is 13.1. The summed E-state index contributed by atoms with van der Waals surface area (Å²) in [7, 11) is 0. The third-order valence-corrected chi connectivity index (χ3v) is 3.61.